The van der Waals surface area contributed by atoms with Crippen LogP contribution in [0.5, 0.6) is 0 Å². The van der Waals surface area contributed by atoms with Gasteiger partial charge in [-0.2, -0.15) is 0 Å². The molecule has 0 aliphatic carbocycles. The summed E-state index contributed by atoms with van der Waals surface area (Å²) in [5.41, 5.74) is 5.62. The summed E-state index contributed by atoms with van der Waals surface area (Å²) in [6.07, 6.45) is 0. The Labute approximate surface area is 41.0 Å². The molecule has 0 unspecified atom stereocenters. The SMILES string of the molecule is Br.NC=S. The van der Waals surface area contributed by atoms with Crippen molar-refractivity contribution in [2.24, 2.45) is 5.73 Å². The highest BCUT2D eigenvalue weighted by atomic mass is 79.9. The molecule has 0 atom stereocenters. The van der Waals surface area contributed by atoms with E-state index in [9.17, 15) is 0 Å². The minimum absolute atomic E-state index is 0. The van der Waals surface area contributed by atoms with Crippen molar-refractivity contribution in [3.63, 3.8) is 0 Å². The van der Waals surface area contributed by atoms with Gasteiger partial charge in [0.2, 0.25) is 0 Å². The molecule has 1 nitrogen and oxygen atoms in total. The predicted molar refractivity (Wildman–Crippen MR) is 28.2 cm³/mol. The molecule has 0 radical (unpaired) electrons. The highest BCUT2D eigenvalue weighted by Crippen LogP contribution is 1.16. The van der Waals surface area contributed by atoms with Crippen molar-refractivity contribution in [1.82, 2.24) is 0 Å². The van der Waals surface area contributed by atoms with Gasteiger partial charge < -0.3 is 5.73 Å². The number of thiocarbonyl (C=S) groups is 1. The van der Waals surface area contributed by atoms with Crippen LogP contribution < -0.4 is 5.73 Å². The average Bonchev–Trinajstić information content (AvgIpc) is 0.918. The zero-order valence-electron chi connectivity index (χ0n) is 1.97. The molecule has 0 spiro atoms. The summed E-state index contributed by atoms with van der Waals surface area (Å²) in [6.45, 7) is 0. The highest BCUT2D eigenvalue weighted by Gasteiger charge is 1.13. The van der Waals surface area contributed by atoms with Crippen LogP contribution in [0.2, 0.25) is 0 Å². The molecule has 3 heteroatoms. The molecule has 2 N–H and O–H groups in total. The Kier molecular flexibility index (Phi) is 22.3. The van der Waals surface area contributed by atoms with Crippen LogP contribution in [0.15, 0.2) is 0 Å². The van der Waals surface area contributed by atoms with E-state index in [1.807, 2.05) is 0 Å². The molecule has 0 amide bonds. The van der Waals surface area contributed by atoms with E-state index in [-0.39, 0.29) is 17.0 Å². The van der Waals surface area contributed by atoms with Crippen molar-refractivity contribution < 1.29 is 0 Å². The molecule has 0 saturated heterocycles. The first-order valence-electron chi connectivity index (χ1n) is 0.569. The van der Waals surface area contributed by atoms with E-state index in [2.05, 4.69) is 18.0 Å². The van der Waals surface area contributed by atoms with Gasteiger partial charge >= 0.3 is 0 Å². The quantitative estimate of drug-likeness (QED) is 0.498. The van der Waals surface area contributed by atoms with Gasteiger partial charge in [0.25, 0.3) is 0 Å². The van der Waals surface area contributed by atoms with Crippen LogP contribution in [0.25, 0.3) is 0 Å². The van der Waals surface area contributed by atoms with E-state index < -0.39 is 0 Å². The van der Waals surface area contributed by atoms with Crippen molar-refractivity contribution in [2.45, 2.75) is 0 Å². The first-order chi connectivity index (χ1) is 1.41. The Morgan fingerprint density at radius 1 is 1.75 bits per heavy atom. The van der Waals surface area contributed by atoms with E-state index in [0.29, 0.717) is 0 Å². The van der Waals surface area contributed by atoms with E-state index in [1.54, 1.807) is 0 Å². The van der Waals surface area contributed by atoms with Crippen LogP contribution in [-0.2, 0) is 0 Å². The lowest BCUT2D eigenvalue weighted by Gasteiger charge is -1.36. The van der Waals surface area contributed by atoms with Crippen LogP contribution >= 0.6 is 29.2 Å². The van der Waals surface area contributed by atoms with Gasteiger partial charge in [0, 0.05) is 0 Å². The summed E-state index contributed by atoms with van der Waals surface area (Å²) in [4.78, 5) is 0. The van der Waals surface area contributed by atoms with Crippen LogP contribution in [0.4, 0.5) is 0 Å². The van der Waals surface area contributed by atoms with E-state index >= 15 is 0 Å². The zero-order chi connectivity index (χ0) is 2.71. The van der Waals surface area contributed by atoms with Gasteiger partial charge in [-0.05, 0) is 0 Å². The zero-order valence-corrected chi connectivity index (χ0v) is 4.50. The van der Waals surface area contributed by atoms with Gasteiger partial charge in [0.15, 0.2) is 0 Å². The summed E-state index contributed by atoms with van der Waals surface area (Å²) in [7, 11) is 0. The summed E-state index contributed by atoms with van der Waals surface area (Å²) in [5.74, 6) is 0. The fourth-order valence-electron chi connectivity index (χ4n) is 0. The summed E-state index contributed by atoms with van der Waals surface area (Å²) < 4.78 is 0. The number of hydrogen-bond acceptors (Lipinski definition) is 1. The van der Waals surface area contributed by atoms with Crippen molar-refractivity contribution in [2.75, 3.05) is 0 Å². The summed E-state index contributed by atoms with van der Waals surface area (Å²) >= 11 is 4.05. The van der Waals surface area contributed by atoms with Crippen molar-refractivity contribution in [3.05, 3.63) is 0 Å². The number of halogens is 1. The molecule has 0 aliphatic rings. The Balaban J connectivity index is 0. The lowest BCUT2D eigenvalue weighted by Crippen LogP contribution is -1.79. The Morgan fingerprint density at radius 3 is 1.75 bits per heavy atom. The summed E-state index contributed by atoms with van der Waals surface area (Å²) in [5, 5.41) is 0. The number of rotatable bonds is 0. The highest BCUT2D eigenvalue weighted by molar-refractivity contribution is 8.93. The maximum absolute atomic E-state index is 4.54. The molecule has 0 aromatic rings. The largest absolute Gasteiger partial charge is 0.396 e. The fourth-order valence-corrected chi connectivity index (χ4v) is 0. The number of nitrogens with two attached hydrogens (primary N) is 1. The lowest BCUT2D eigenvalue weighted by atomic mass is 11.6. The van der Waals surface area contributed by atoms with Crippen LogP contribution in [0.1, 0.15) is 0 Å². The average molecular weight is 142 g/mol. The lowest BCUT2D eigenvalue weighted by molar-refractivity contribution is 1.93. The predicted octanol–water partition coefficient (Wildman–Crippen LogP) is 0.480. The second-order valence-electron chi connectivity index (χ2n) is 0.136. The third-order valence-corrected chi connectivity index (χ3v) is 0. The molecule has 0 aromatic carbocycles. The molecule has 0 aromatic heterocycles. The van der Waals surface area contributed by atoms with Gasteiger partial charge in [-0.1, -0.05) is 12.2 Å². The third-order valence-electron chi connectivity index (χ3n) is 0. The second kappa shape index (κ2) is 10.1. The molecule has 0 saturated carbocycles. The maximum Gasteiger partial charge on any atom is 0.0588 e. The summed E-state index contributed by atoms with van der Waals surface area (Å²) in [6, 6.07) is 0. The topological polar surface area (TPSA) is 26.0 Å². The Hall–Kier alpha value is 0.370. The smallest absolute Gasteiger partial charge is 0.0588 e. The first-order valence-corrected chi connectivity index (χ1v) is 1.04. The molecule has 0 heterocycles. The van der Waals surface area contributed by atoms with E-state index in [4.69, 9.17) is 0 Å². The van der Waals surface area contributed by atoms with E-state index in [1.165, 1.54) is 0 Å². The van der Waals surface area contributed by atoms with Crippen LogP contribution in [0.3, 0.4) is 0 Å². The van der Waals surface area contributed by atoms with Gasteiger partial charge in [0.05, 0.1) is 5.49 Å². The Bertz CT molecular complexity index is 15.5. The fraction of sp³-hybridized carbons (Fsp3) is 0. The van der Waals surface area contributed by atoms with Crippen molar-refractivity contribution >= 4 is 34.7 Å². The maximum atomic E-state index is 4.54. The second-order valence-corrected chi connectivity index (χ2v) is 0.408. The van der Waals surface area contributed by atoms with Crippen molar-refractivity contribution in [3.8, 4) is 0 Å². The van der Waals surface area contributed by atoms with Crippen molar-refractivity contribution in [1.29, 1.82) is 0 Å². The third kappa shape index (κ3) is 32.5. The molecule has 0 aliphatic heterocycles. The molecule has 0 fully saturated rings. The molecule has 4 heavy (non-hydrogen) atoms. The van der Waals surface area contributed by atoms with Gasteiger partial charge in [-0.25, -0.2) is 0 Å². The molecular weight excluding hydrogens is 138 g/mol. The van der Waals surface area contributed by atoms with Gasteiger partial charge in [-0.15, -0.1) is 17.0 Å². The van der Waals surface area contributed by atoms with Crippen LogP contribution in [0, 0.1) is 0 Å². The normalized spacial score (nSPS) is 3.00. The Morgan fingerprint density at radius 2 is 1.75 bits per heavy atom. The van der Waals surface area contributed by atoms with E-state index in [0.717, 1.165) is 5.49 Å². The molecular formula is CH4BrNS. The standard InChI is InChI=1S/CH3NS.BrH/c2-1-3;/h1H,(H2,2,3);1H. The van der Waals surface area contributed by atoms with Crippen LogP contribution in [-0.4, -0.2) is 5.49 Å². The van der Waals surface area contributed by atoms with Gasteiger partial charge in [-0.3, -0.25) is 0 Å². The first kappa shape index (κ1) is 8.84. The minimum atomic E-state index is 0. The molecule has 0 rings (SSSR count). The molecule has 0 bridgehead atoms. The minimum Gasteiger partial charge on any atom is -0.396 e. The monoisotopic (exact) mass is 141 g/mol. The van der Waals surface area contributed by atoms with Gasteiger partial charge in [0.1, 0.15) is 0 Å². The number of hydrogen-bond donors (Lipinski definition) is 1. The molecule has 26 valence electrons.